The summed E-state index contributed by atoms with van der Waals surface area (Å²) in [6.07, 6.45) is 1.71. The van der Waals surface area contributed by atoms with E-state index in [0.717, 1.165) is 12.8 Å². The largest absolute Gasteiger partial charge is 0.461 e. The molecule has 1 aromatic heterocycles. The van der Waals surface area contributed by atoms with Gasteiger partial charge in [0.1, 0.15) is 10.3 Å². The highest BCUT2D eigenvalue weighted by molar-refractivity contribution is 7.71. The van der Waals surface area contributed by atoms with Gasteiger partial charge in [0.15, 0.2) is 0 Å². The van der Waals surface area contributed by atoms with E-state index in [-0.39, 0.29) is 5.97 Å². The second-order valence-corrected chi connectivity index (χ2v) is 4.59. The molecule has 1 heterocycles. The lowest BCUT2D eigenvalue weighted by atomic mass is 10.1. The molecular formula is C15H15NO2S. The van der Waals surface area contributed by atoms with Crippen molar-refractivity contribution >= 4 is 18.2 Å². The van der Waals surface area contributed by atoms with Crippen LogP contribution in [0.3, 0.4) is 0 Å². The van der Waals surface area contributed by atoms with Crippen LogP contribution in [0.2, 0.25) is 0 Å². The number of benzene rings is 1. The number of carbonyl (C=O) groups excluding carboxylic acids is 1. The van der Waals surface area contributed by atoms with Gasteiger partial charge >= 0.3 is 5.97 Å². The molecule has 0 spiro atoms. The number of aromatic amines is 1. The minimum Gasteiger partial charge on any atom is -0.461 e. The maximum Gasteiger partial charge on any atom is 0.354 e. The smallest absolute Gasteiger partial charge is 0.354 e. The van der Waals surface area contributed by atoms with Crippen molar-refractivity contribution in [1.29, 1.82) is 0 Å². The highest BCUT2D eigenvalue weighted by Gasteiger charge is 2.06. The minimum atomic E-state index is -0.361. The van der Waals surface area contributed by atoms with E-state index in [0.29, 0.717) is 16.9 Å². The number of carbonyl (C=O) groups is 1. The van der Waals surface area contributed by atoms with Gasteiger partial charge in [0.2, 0.25) is 0 Å². The highest BCUT2D eigenvalue weighted by Crippen LogP contribution is 2.04. The Labute approximate surface area is 117 Å². The van der Waals surface area contributed by atoms with E-state index >= 15 is 0 Å². The molecule has 19 heavy (non-hydrogen) atoms. The van der Waals surface area contributed by atoms with Crippen LogP contribution in [0.5, 0.6) is 0 Å². The van der Waals surface area contributed by atoms with Crippen LogP contribution in [0.15, 0.2) is 48.5 Å². The van der Waals surface area contributed by atoms with Crippen LogP contribution < -0.4 is 0 Å². The first-order chi connectivity index (χ1) is 9.25. The Morgan fingerprint density at radius 3 is 2.63 bits per heavy atom. The van der Waals surface area contributed by atoms with Gasteiger partial charge in [-0.15, -0.1) is 0 Å². The highest BCUT2D eigenvalue weighted by atomic mass is 32.1. The number of aromatic nitrogens is 1. The van der Waals surface area contributed by atoms with Crippen LogP contribution in [-0.2, 0) is 11.2 Å². The normalized spacial score (nSPS) is 10.1. The van der Waals surface area contributed by atoms with Crippen LogP contribution in [-0.4, -0.2) is 17.6 Å². The topological polar surface area (TPSA) is 42.1 Å². The van der Waals surface area contributed by atoms with Gasteiger partial charge in [-0.25, -0.2) is 4.79 Å². The molecule has 0 fully saturated rings. The Balaban J connectivity index is 1.77. The molecule has 0 unspecified atom stereocenters. The first-order valence-corrected chi connectivity index (χ1v) is 6.57. The van der Waals surface area contributed by atoms with Crippen molar-refractivity contribution in [3.63, 3.8) is 0 Å². The number of hydrogen-bond acceptors (Lipinski definition) is 3. The van der Waals surface area contributed by atoms with E-state index in [1.165, 1.54) is 5.56 Å². The average molecular weight is 273 g/mol. The van der Waals surface area contributed by atoms with Crippen LogP contribution in [0, 0.1) is 4.64 Å². The third-order valence-electron chi connectivity index (χ3n) is 2.67. The van der Waals surface area contributed by atoms with E-state index in [2.05, 4.69) is 17.1 Å². The van der Waals surface area contributed by atoms with Gasteiger partial charge in [-0.05, 0) is 30.5 Å². The van der Waals surface area contributed by atoms with Gasteiger partial charge in [-0.3, -0.25) is 0 Å². The lowest BCUT2D eigenvalue weighted by molar-refractivity contribution is 0.0493. The van der Waals surface area contributed by atoms with Gasteiger partial charge in [0, 0.05) is 0 Å². The maximum atomic E-state index is 11.7. The molecule has 2 aromatic rings. The van der Waals surface area contributed by atoms with Crippen LogP contribution in [0.25, 0.3) is 0 Å². The zero-order valence-corrected chi connectivity index (χ0v) is 11.3. The molecule has 0 atom stereocenters. The Kier molecular flexibility index (Phi) is 4.86. The van der Waals surface area contributed by atoms with E-state index < -0.39 is 0 Å². The molecule has 1 aromatic carbocycles. The maximum absolute atomic E-state index is 11.7. The molecule has 2 rings (SSSR count). The van der Waals surface area contributed by atoms with Crippen molar-refractivity contribution in [3.8, 4) is 0 Å². The number of aryl methyl sites for hydroxylation is 1. The van der Waals surface area contributed by atoms with Crippen molar-refractivity contribution in [2.45, 2.75) is 12.8 Å². The summed E-state index contributed by atoms with van der Waals surface area (Å²) in [5.74, 6) is -0.361. The van der Waals surface area contributed by atoms with Crippen LogP contribution in [0.1, 0.15) is 22.5 Å². The summed E-state index contributed by atoms with van der Waals surface area (Å²) in [4.78, 5) is 14.5. The molecule has 4 heteroatoms. The Morgan fingerprint density at radius 1 is 1.11 bits per heavy atom. The molecule has 0 radical (unpaired) electrons. The zero-order valence-electron chi connectivity index (χ0n) is 10.5. The molecule has 0 saturated carbocycles. The fourth-order valence-electron chi connectivity index (χ4n) is 1.73. The zero-order chi connectivity index (χ0) is 13.5. The lowest BCUT2D eigenvalue weighted by Gasteiger charge is -2.05. The number of pyridine rings is 1. The van der Waals surface area contributed by atoms with Gasteiger partial charge in [-0.2, -0.15) is 0 Å². The summed E-state index contributed by atoms with van der Waals surface area (Å²) in [6, 6.07) is 15.3. The number of nitrogens with one attached hydrogen (secondary N) is 1. The Hall–Kier alpha value is -1.94. The van der Waals surface area contributed by atoms with E-state index in [1.54, 1.807) is 18.2 Å². The van der Waals surface area contributed by atoms with Crippen LogP contribution >= 0.6 is 12.2 Å². The summed E-state index contributed by atoms with van der Waals surface area (Å²) in [7, 11) is 0. The molecule has 0 aliphatic rings. The summed E-state index contributed by atoms with van der Waals surface area (Å²) >= 11 is 4.95. The molecule has 1 N–H and O–H groups in total. The van der Waals surface area contributed by atoms with Gasteiger partial charge < -0.3 is 9.72 Å². The van der Waals surface area contributed by atoms with Crippen molar-refractivity contribution in [2.75, 3.05) is 6.61 Å². The first-order valence-electron chi connectivity index (χ1n) is 6.16. The SMILES string of the molecule is O=C(OCCCc1ccccc1)c1cccc(=S)[nH]1. The molecule has 0 bridgehead atoms. The molecule has 0 saturated heterocycles. The fraction of sp³-hybridized carbons (Fsp3) is 0.200. The number of ether oxygens (including phenoxy) is 1. The van der Waals surface area contributed by atoms with Crippen molar-refractivity contribution < 1.29 is 9.53 Å². The summed E-state index contributed by atoms with van der Waals surface area (Å²) in [5, 5.41) is 0. The third kappa shape index (κ3) is 4.34. The first kappa shape index (κ1) is 13.5. The predicted molar refractivity (Wildman–Crippen MR) is 76.7 cm³/mol. The lowest BCUT2D eigenvalue weighted by Crippen LogP contribution is -2.08. The summed E-state index contributed by atoms with van der Waals surface area (Å²) in [6.45, 7) is 0.406. The molecular weight excluding hydrogens is 258 g/mol. The second kappa shape index (κ2) is 6.85. The van der Waals surface area contributed by atoms with Gasteiger partial charge in [0.05, 0.1) is 6.61 Å². The average Bonchev–Trinajstić information content (AvgIpc) is 2.44. The van der Waals surface area contributed by atoms with Gasteiger partial charge in [-0.1, -0.05) is 48.6 Å². The number of rotatable bonds is 5. The van der Waals surface area contributed by atoms with E-state index in [9.17, 15) is 4.79 Å². The molecule has 0 aliphatic heterocycles. The van der Waals surface area contributed by atoms with E-state index in [4.69, 9.17) is 17.0 Å². The Morgan fingerprint density at radius 2 is 1.89 bits per heavy atom. The van der Waals surface area contributed by atoms with Gasteiger partial charge in [0.25, 0.3) is 0 Å². The number of esters is 1. The number of H-pyrrole nitrogens is 1. The quantitative estimate of drug-likeness (QED) is 0.515. The fourth-order valence-corrected chi connectivity index (χ4v) is 1.92. The van der Waals surface area contributed by atoms with E-state index in [1.807, 2.05) is 18.2 Å². The molecule has 3 nitrogen and oxygen atoms in total. The van der Waals surface area contributed by atoms with Crippen molar-refractivity contribution in [1.82, 2.24) is 4.98 Å². The van der Waals surface area contributed by atoms with Crippen LogP contribution in [0.4, 0.5) is 0 Å². The summed E-state index contributed by atoms with van der Waals surface area (Å²) < 4.78 is 5.71. The minimum absolute atomic E-state index is 0.361. The predicted octanol–water partition coefficient (Wildman–Crippen LogP) is 3.53. The Bertz CT molecular complexity index is 592. The standard InChI is InChI=1S/C15H15NO2S/c17-15(13-9-4-10-14(19)16-13)18-11-5-8-12-6-2-1-3-7-12/h1-4,6-7,9-10H,5,8,11H2,(H,16,19). The monoisotopic (exact) mass is 273 g/mol. The molecule has 0 aliphatic carbocycles. The van der Waals surface area contributed by atoms with Crippen molar-refractivity contribution in [2.24, 2.45) is 0 Å². The molecule has 0 amide bonds. The van der Waals surface area contributed by atoms with Crippen molar-refractivity contribution in [3.05, 3.63) is 64.4 Å². The summed E-state index contributed by atoms with van der Waals surface area (Å²) in [5.41, 5.74) is 1.64. The third-order valence-corrected chi connectivity index (χ3v) is 2.91. The molecule has 98 valence electrons. The number of hydrogen-bond donors (Lipinski definition) is 1. The second-order valence-electron chi connectivity index (χ2n) is 4.15.